The number of anilines is 1. The minimum Gasteiger partial charge on any atom is -0.388 e. The van der Waals surface area contributed by atoms with Gasteiger partial charge in [-0.15, -0.1) is 0 Å². The van der Waals surface area contributed by atoms with E-state index in [1.54, 1.807) is 24.9 Å². The van der Waals surface area contributed by atoms with Crippen molar-refractivity contribution in [2.45, 2.75) is 38.2 Å². The summed E-state index contributed by atoms with van der Waals surface area (Å²) in [5, 5.41) is 21.4. The summed E-state index contributed by atoms with van der Waals surface area (Å²) < 4.78 is 0. The first-order valence-corrected chi connectivity index (χ1v) is 6.47. The summed E-state index contributed by atoms with van der Waals surface area (Å²) in [7, 11) is 1.74. The molecule has 0 atom stereocenters. The van der Waals surface area contributed by atoms with Gasteiger partial charge < -0.3 is 10.0 Å². The van der Waals surface area contributed by atoms with E-state index in [1.165, 1.54) is 6.07 Å². The predicted molar refractivity (Wildman–Crippen MR) is 72.3 cm³/mol. The molecule has 1 N–H and O–H groups in total. The number of pyridine rings is 1. The van der Waals surface area contributed by atoms with Crippen LogP contribution in [0.4, 0.5) is 11.5 Å². The molecule has 0 saturated heterocycles. The largest absolute Gasteiger partial charge is 0.388 e. The van der Waals surface area contributed by atoms with Gasteiger partial charge in [0.15, 0.2) is 0 Å². The number of nitrogens with zero attached hydrogens (tertiary/aromatic N) is 3. The minimum atomic E-state index is -0.742. The van der Waals surface area contributed by atoms with E-state index in [0.717, 1.165) is 31.4 Å². The number of aromatic nitrogens is 1. The Bertz CT molecular complexity index is 484. The standard InChI is InChI=1S/C13H19N3O3/c1-10-5-6-11(16(18)19)12(14-10)15(2)9-13(17)7-3-4-8-13/h5-6,17H,3-4,7-9H2,1-2H3. The van der Waals surface area contributed by atoms with Gasteiger partial charge >= 0.3 is 5.69 Å². The van der Waals surface area contributed by atoms with Crippen LogP contribution in [0.1, 0.15) is 31.4 Å². The maximum absolute atomic E-state index is 11.0. The van der Waals surface area contributed by atoms with Crippen molar-refractivity contribution in [1.82, 2.24) is 4.98 Å². The second-order valence-corrected chi connectivity index (χ2v) is 5.34. The first-order valence-electron chi connectivity index (χ1n) is 6.47. The van der Waals surface area contributed by atoms with Gasteiger partial charge in [-0.25, -0.2) is 4.98 Å². The highest BCUT2D eigenvalue weighted by Gasteiger charge is 2.34. The van der Waals surface area contributed by atoms with Crippen LogP contribution in [0.5, 0.6) is 0 Å². The maximum Gasteiger partial charge on any atom is 0.311 e. The van der Waals surface area contributed by atoms with Gasteiger partial charge in [0.25, 0.3) is 0 Å². The van der Waals surface area contributed by atoms with Crippen LogP contribution in [0, 0.1) is 17.0 Å². The average Bonchev–Trinajstić information content (AvgIpc) is 2.75. The molecule has 1 aliphatic carbocycles. The van der Waals surface area contributed by atoms with Gasteiger partial charge in [0.1, 0.15) is 0 Å². The van der Waals surface area contributed by atoms with Gasteiger partial charge in [-0.1, -0.05) is 12.8 Å². The number of hydrogen-bond donors (Lipinski definition) is 1. The quantitative estimate of drug-likeness (QED) is 0.665. The van der Waals surface area contributed by atoms with Crippen molar-refractivity contribution in [3.05, 3.63) is 27.9 Å². The Kier molecular flexibility index (Phi) is 3.71. The number of likely N-dealkylation sites (N-methyl/N-ethyl adjacent to an activating group) is 1. The third kappa shape index (κ3) is 3.01. The van der Waals surface area contributed by atoms with Crippen molar-refractivity contribution in [3.63, 3.8) is 0 Å². The van der Waals surface area contributed by atoms with Crippen LogP contribution in [-0.2, 0) is 0 Å². The summed E-state index contributed by atoms with van der Waals surface area (Å²) in [6.07, 6.45) is 3.51. The SMILES string of the molecule is Cc1ccc([N+](=O)[O-])c(N(C)CC2(O)CCCC2)n1. The molecule has 1 aliphatic rings. The van der Waals surface area contributed by atoms with Crippen LogP contribution in [0.15, 0.2) is 12.1 Å². The van der Waals surface area contributed by atoms with E-state index < -0.39 is 10.5 Å². The zero-order valence-corrected chi connectivity index (χ0v) is 11.3. The van der Waals surface area contributed by atoms with Crippen molar-refractivity contribution < 1.29 is 10.0 Å². The summed E-state index contributed by atoms with van der Waals surface area (Å²) in [5.74, 6) is 0.324. The summed E-state index contributed by atoms with van der Waals surface area (Å²) in [6, 6.07) is 3.09. The molecule has 0 aliphatic heterocycles. The smallest absolute Gasteiger partial charge is 0.311 e. The van der Waals surface area contributed by atoms with Crippen LogP contribution in [0.2, 0.25) is 0 Å². The Balaban J connectivity index is 2.24. The maximum atomic E-state index is 11.0. The molecule has 0 radical (unpaired) electrons. The summed E-state index contributed by atoms with van der Waals surface area (Å²) in [5.41, 5.74) is -0.0332. The molecule has 2 rings (SSSR count). The normalized spacial score (nSPS) is 17.4. The van der Waals surface area contributed by atoms with Crippen LogP contribution in [0.3, 0.4) is 0 Å². The fourth-order valence-electron chi connectivity index (χ4n) is 2.67. The van der Waals surface area contributed by atoms with Gasteiger partial charge in [0, 0.05) is 25.4 Å². The van der Waals surface area contributed by atoms with Crippen molar-refractivity contribution >= 4 is 11.5 Å². The van der Waals surface area contributed by atoms with Crippen LogP contribution in [0.25, 0.3) is 0 Å². The molecule has 1 heterocycles. The van der Waals surface area contributed by atoms with E-state index in [4.69, 9.17) is 0 Å². The van der Waals surface area contributed by atoms with Crippen molar-refractivity contribution in [3.8, 4) is 0 Å². The molecule has 1 aromatic rings. The van der Waals surface area contributed by atoms with Crippen LogP contribution in [-0.4, -0.2) is 34.2 Å². The minimum absolute atomic E-state index is 0.0188. The lowest BCUT2D eigenvalue weighted by molar-refractivity contribution is -0.384. The summed E-state index contributed by atoms with van der Waals surface area (Å²) in [4.78, 5) is 16.5. The Morgan fingerprint density at radius 1 is 1.47 bits per heavy atom. The third-order valence-corrected chi connectivity index (χ3v) is 3.62. The molecule has 1 aromatic heterocycles. The second-order valence-electron chi connectivity index (χ2n) is 5.34. The number of nitro groups is 1. The van der Waals surface area contributed by atoms with Crippen molar-refractivity contribution in [2.75, 3.05) is 18.5 Å². The lowest BCUT2D eigenvalue weighted by atomic mass is 10.0. The zero-order valence-electron chi connectivity index (χ0n) is 11.3. The van der Waals surface area contributed by atoms with Crippen molar-refractivity contribution in [1.29, 1.82) is 0 Å². The van der Waals surface area contributed by atoms with E-state index >= 15 is 0 Å². The first kappa shape index (κ1) is 13.7. The molecule has 1 saturated carbocycles. The molecule has 19 heavy (non-hydrogen) atoms. The number of rotatable bonds is 4. The number of aryl methyl sites for hydroxylation is 1. The molecule has 0 amide bonds. The molecular weight excluding hydrogens is 246 g/mol. The van der Waals surface area contributed by atoms with Crippen LogP contribution < -0.4 is 4.90 Å². The van der Waals surface area contributed by atoms with Gasteiger partial charge in [-0.3, -0.25) is 10.1 Å². The molecular formula is C13H19N3O3. The highest BCUT2D eigenvalue weighted by Crippen LogP contribution is 2.33. The molecule has 6 nitrogen and oxygen atoms in total. The van der Waals surface area contributed by atoms with E-state index in [0.29, 0.717) is 12.4 Å². The van der Waals surface area contributed by atoms with E-state index in [-0.39, 0.29) is 5.69 Å². The fraction of sp³-hybridized carbons (Fsp3) is 0.615. The van der Waals surface area contributed by atoms with Crippen LogP contribution >= 0.6 is 0 Å². The second kappa shape index (κ2) is 5.13. The molecule has 0 unspecified atom stereocenters. The van der Waals surface area contributed by atoms with E-state index in [1.807, 2.05) is 0 Å². The van der Waals surface area contributed by atoms with Gasteiger partial charge in [-0.2, -0.15) is 0 Å². The number of aliphatic hydroxyl groups is 1. The molecule has 104 valence electrons. The lowest BCUT2D eigenvalue weighted by Crippen LogP contribution is -2.39. The Morgan fingerprint density at radius 2 is 2.11 bits per heavy atom. The zero-order chi connectivity index (χ0) is 14.0. The summed E-state index contributed by atoms with van der Waals surface area (Å²) in [6.45, 7) is 2.18. The summed E-state index contributed by atoms with van der Waals surface area (Å²) >= 11 is 0. The Hall–Kier alpha value is -1.69. The molecule has 1 fully saturated rings. The molecule has 6 heteroatoms. The Labute approximate surface area is 112 Å². The van der Waals surface area contributed by atoms with E-state index in [9.17, 15) is 15.2 Å². The Morgan fingerprint density at radius 3 is 2.68 bits per heavy atom. The lowest BCUT2D eigenvalue weighted by Gasteiger charge is -2.29. The highest BCUT2D eigenvalue weighted by atomic mass is 16.6. The third-order valence-electron chi connectivity index (χ3n) is 3.62. The molecule has 0 spiro atoms. The van der Waals surface area contributed by atoms with Gasteiger partial charge in [0.05, 0.1) is 10.5 Å². The average molecular weight is 265 g/mol. The monoisotopic (exact) mass is 265 g/mol. The molecule has 0 aromatic carbocycles. The highest BCUT2D eigenvalue weighted by molar-refractivity contribution is 5.57. The van der Waals surface area contributed by atoms with E-state index in [2.05, 4.69) is 4.98 Å². The predicted octanol–water partition coefficient (Wildman–Crippen LogP) is 2.04. The van der Waals surface area contributed by atoms with Gasteiger partial charge in [0.2, 0.25) is 5.82 Å². The topological polar surface area (TPSA) is 79.5 Å². The van der Waals surface area contributed by atoms with Gasteiger partial charge in [-0.05, 0) is 25.8 Å². The van der Waals surface area contributed by atoms with Crippen molar-refractivity contribution in [2.24, 2.45) is 0 Å². The first-order chi connectivity index (χ1) is 8.91. The molecule has 0 bridgehead atoms. The fourth-order valence-corrected chi connectivity index (χ4v) is 2.67. The number of hydrogen-bond acceptors (Lipinski definition) is 5.